The van der Waals surface area contributed by atoms with Crippen molar-refractivity contribution in [1.29, 1.82) is 0 Å². The molecule has 0 spiro atoms. The van der Waals surface area contributed by atoms with Gasteiger partial charge in [0.2, 0.25) is 0 Å². The molecule has 29 heavy (non-hydrogen) atoms. The molecule has 0 aromatic heterocycles. The van der Waals surface area contributed by atoms with Crippen LogP contribution in [0, 0.1) is 20.2 Å². The van der Waals surface area contributed by atoms with Gasteiger partial charge in [0.05, 0.1) is 28.6 Å². The van der Waals surface area contributed by atoms with Gasteiger partial charge in [-0.3, -0.25) is 25.0 Å². The Kier molecular flexibility index (Phi) is 5.74. The summed E-state index contributed by atoms with van der Waals surface area (Å²) in [5.41, 5.74) is -0.521. The molecule has 0 fully saturated rings. The number of carbonyl (C=O) groups is 1. The highest BCUT2D eigenvalue weighted by Crippen LogP contribution is 2.30. The molecule has 0 saturated heterocycles. The van der Waals surface area contributed by atoms with Gasteiger partial charge in [0, 0.05) is 28.7 Å². The van der Waals surface area contributed by atoms with Crippen molar-refractivity contribution >= 4 is 44.0 Å². The lowest BCUT2D eigenvalue weighted by atomic mass is 10.0. The van der Waals surface area contributed by atoms with Crippen LogP contribution in [0.1, 0.15) is 15.9 Å². The molecule has 0 aliphatic heterocycles. The highest BCUT2D eigenvalue weighted by atomic mass is 79.9. The summed E-state index contributed by atoms with van der Waals surface area (Å²) < 4.78 is 6.28. The number of nitrogens with one attached hydrogen (secondary N) is 1. The van der Waals surface area contributed by atoms with Crippen LogP contribution in [0.25, 0.3) is 10.8 Å². The number of carbonyl (C=O) groups excluding carboxylic acids is 1. The number of ether oxygens (including phenoxy) is 1. The van der Waals surface area contributed by atoms with Crippen molar-refractivity contribution in [2.24, 2.45) is 0 Å². The summed E-state index contributed by atoms with van der Waals surface area (Å²) >= 11 is 3.41. The van der Waals surface area contributed by atoms with E-state index in [1.54, 1.807) is 6.07 Å². The molecule has 0 aliphatic rings. The molecule has 0 atom stereocenters. The lowest BCUT2D eigenvalue weighted by Crippen LogP contribution is -2.23. The van der Waals surface area contributed by atoms with Crippen molar-refractivity contribution < 1.29 is 19.4 Å². The van der Waals surface area contributed by atoms with Gasteiger partial charge in [-0.2, -0.15) is 0 Å². The quantitative estimate of drug-likeness (QED) is 0.431. The van der Waals surface area contributed by atoms with Gasteiger partial charge in [0.15, 0.2) is 0 Å². The summed E-state index contributed by atoms with van der Waals surface area (Å²) in [5.74, 6) is -0.113. The van der Waals surface area contributed by atoms with Gasteiger partial charge in [0.25, 0.3) is 17.3 Å². The number of nitro groups is 2. The van der Waals surface area contributed by atoms with Crippen molar-refractivity contribution in [2.75, 3.05) is 7.11 Å². The maximum absolute atomic E-state index is 12.6. The third kappa shape index (κ3) is 4.32. The van der Waals surface area contributed by atoms with Gasteiger partial charge in [-0.05, 0) is 29.0 Å². The van der Waals surface area contributed by atoms with Crippen LogP contribution in [0.2, 0.25) is 0 Å². The minimum Gasteiger partial charge on any atom is -0.496 e. The van der Waals surface area contributed by atoms with E-state index < -0.39 is 27.1 Å². The number of fused-ring (bicyclic) bond motifs is 1. The van der Waals surface area contributed by atoms with E-state index in [-0.39, 0.29) is 12.1 Å². The smallest absolute Gasteiger partial charge is 0.277 e. The molecule has 0 saturated carbocycles. The van der Waals surface area contributed by atoms with Crippen LogP contribution in [-0.4, -0.2) is 22.9 Å². The van der Waals surface area contributed by atoms with Gasteiger partial charge in [0.1, 0.15) is 5.75 Å². The number of hydrogen-bond donors (Lipinski definition) is 1. The van der Waals surface area contributed by atoms with E-state index in [0.717, 1.165) is 33.4 Å². The predicted octanol–water partition coefficient (Wildman–Crippen LogP) is 4.36. The van der Waals surface area contributed by atoms with Crippen LogP contribution < -0.4 is 10.1 Å². The Hall–Kier alpha value is -3.53. The Morgan fingerprint density at radius 2 is 1.69 bits per heavy atom. The molecule has 0 aliphatic carbocycles. The summed E-state index contributed by atoms with van der Waals surface area (Å²) in [4.78, 5) is 33.0. The fraction of sp³-hybridized carbons (Fsp3) is 0.105. The number of non-ortho nitro benzene ring substituents is 2. The summed E-state index contributed by atoms with van der Waals surface area (Å²) in [6, 6.07) is 12.1. The van der Waals surface area contributed by atoms with Gasteiger partial charge in [-0.1, -0.05) is 28.1 Å². The minimum atomic E-state index is -0.782. The molecule has 3 aromatic rings. The number of rotatable bonds is 6. The Morgan fingerprint density at radius 3 is 2.28 bits per heavy atom. The van der Waals surface area contributed by atoms with Crippen LogP contribution in [0.4, 0.5) is 11.4 Å². The maximum Gasteiger partial charge on any atom is 0.277 e. The summed E-state index contributed by atoms with van der Waals surface area (Å²) in [7, 11) is 1.51. The van der Waals surface area contributed by atoms with Gasteiger partial charge < -0.3 is 10.1 Å². The maximum atomic E-state index is 12.6. The van der Waals surface area contributed by atoms with Crippen molar-refractivity contribution in [1.82, 2.24) is 5.32 Å². The first-order chi connectivity index (χ1) is 13.8. The van der Waals surface area contributed by atoms with E-state index >= 15 is 0 Å². The highest BCUT2D eigenvalue weighted by Gasteiger charge is 2.20. The molecule has 3 rings (SSSR count). The first-order valence-corrected chi connectivity index (χ1v) is 9.06. The van der Waals surface area contributed by atoms with Gasteiger partial charge >= 0.3 is 0 Å². The van der Waals surface area contributed by atoms with Crippen LogP contribution in [0.3, 0.4) is 0 Å². The number of methoxy groups -OCH3 is 1. The Morgan fingerprint density at radius 1 is 1.03 bits per heavy atom. The predicted molar refractivity (Wildman–Crippen MR) is 109 cm³/mol. The largest absolute Gasteiger partial charge is 0.496 e. The van der Waals surface area contributed by atoms with Crippen molar-refractivity contribution in [3.05, 3.63) is 84.4 Å². The van der Waals surface area contributed by atoms with Crippen LogP contribution in [0.5, 0.6) is 5.75 Å². The number of nitrogens with zero attached hydrogens (tertiary/aromatic N) is 2. The summed E-state index contributed by atoms with van der Waals surface area (Å²) in [5, 5.41) is 26.5. The molecule has 0 bridgehead atoms. The molecule has 0 radical (unpaired) electrons. The molecule has 1 amide bonds. The Labute approximate surface area is 172 Å². The van der Waals surface area contributed by atoms with E-state index in [1.807, 2.05) is 24.3 Å². The molecule has 9 nitrogen and oxygen atoms in total. The average molecular weight is 460 g/mol. The van der Waals surface area contributed by atoms with E-state index in [1.165, 1.54) is 7.11 Å². The Balaban J connectivity index is 1.93. The third-order valence-electron chi connectivity index (χ3n) is 4.28. The number of amides is 1. The summed E-state index contributed by atoms with van der Waals surface area (Å²) in [6.45, 7) is 0.0669. The van der Waals surface area contributed by atoms with E-state index in [4.69, 9.17) is 4.74 Å². The number of halogens is 1. The third-order valence-corrected chi connectivity index (χ3v) is 4.78. The molecular weight excluding hydrogens is 446 g/mol. The van der Waals surface area contributed by atoms with E-state index in [0.29, 0.717) is 11.3 Å². The molecule has 3 aromatic carbocycles. The monoisotopic (exact) mass is 459 g/mol. The first kappa shape index (κ1) is 20.2. The van der Waals surface area contributed by atoms with E-state index in [9.17, 15) is 25.0 Å². The molecular formula is C19H14BrN3O6. The average Bonchev–Trinajstić information content (AvgIpc) is 2.70. The summed E-state index contributed by atoms with van der Waals surface area (Å²) in [6.07, 6.45) is 0. The second-order valence-corrected chi connectivity index (χ2v) is 6.96. The lowest BCUT2D eigenvalue weighted by Gasteiger charge is -2.13. The number of hydrogen-bond acceptors (Lipinski definition) is 6. The molecule has 148 valence electrons. The molecule has 1 N–H and O–H groups in total. The van der Waals surface area contributed by atoms with Crippen LogP contribution in [-0.2, 0) is 6.54 Å². The highest BCUT2D eigenvalue weighted by molar-refractivity contribution is 9.10. The topological polar surface area (TPSA) is 125 Å². The molecule has 0 unspecified atom stereocenters. The van der Waals surface area contributed by atoms with Gasteiger partial charge in [-0.25, -0.2) is 0 Å². The van der Waals surface area contributed by atoms with Crippen molar-refractivity contribution in [3.63, 3.8) is 0 Å². The van der Waals surface area contributed by atoms with Gasteiger partial charge in [-0.15, -0.1) is 0 Å². The number of nitro benzene ring substituents is 2. The zero-order valence-electron chi connectivity index (χ0n) is 15.0. The lowest BCUT2D eigenvalue weighted by molar-refractivity contribution is -0.394. The first-order valence-electron chi connectivity index (χ1n) is 8.27. The van der Waals surface area contributed by atoms with Crippen molar-refractivity contribution in [3.8, 4) is 5.75 Å². The fourth-order valence-electron chi connectivity index (χ4n) is 2.93. The van der Waals surface area contributed by atoms with E-state index in [2.05, 4.69) is 21.2 Å². The molecule has 0 heterocycles. The zero-order chi connectivity index (χ0) is 21.1. The SMILES string of the molecule is COc1ccc2cc(Br)ccc2c1CNC(=O)c1cc([N+](=O)[O-])cc([N+](=O)[O-])c1. The minimum absolute atomic E-state index is 0.0669. The fourth-order valence-corrected chi connectivity index (χ4v) is 3.31. The standard InChI is InChI=1S/C19H14BrN3O6/c1-29-18-5-2-11-6-13(20)3-4-16(11)17(18)10-21-19(24)12-7-14(22(25)26)9-15(8-12)23(27)28/h2-9H,10H2,1H3,(H,21,24). The second kappa shape index (κ2) is 8.23. The van der Waals surface area contributed by atoms with Crippen molar-refractivity contribution in [2.45, 2.75) is 6.54 Å². The van der Waals surface area contributed by atoms with Crippen LogP contribution in [0.15, 0.2) is 53.0 Å². The Bertz CT molecular complexity index is 1120. The number of benzene rings is 3. The molecule has 10 heteroatoms. The zero-order valence-corrected chi connectivity index (χ0v) is 16.6. The normalized spacial score (nSPS) is 10.6. The second-order valence-electron chi connectivity index (χ2n) is 6.05. The van der Waals surface area contributed by atoms with Crippen LogP contribution >= 0.6 is 15.9 Å².